The van der Waals surface area contributed by atoms with Gasteiger partial charge in [-0.05, 0) is 44.4 Å². The molecule has 0 aromatic heterocycles. The molecule has 1 heterocycles. The van der Waals surface area contributed by atoms with Gasteiger partial charge >= 0.3 is 0 Å². The molecule has 2 saturated carbocycles. The number of methoxy groups -OCH3 is 1. The molecule has 158 valence electrons. The molecule has 3 aliphatic rings. The highest BCUT2D eigenvalue weighted by Crippen LogP contribution is 2.40. The molecule has 4 atom stereocenters. The van der Waals surface area contributed by atoms with Gasteiger partial charge in [-0.2, -0.15) is 8.42 Å². The second-order valence-electron chi connectivity index (χ2n) is 8.71. The first-order chi connectivity index (χ1) is 13.0. The Kier molecular flexibility index (Phi) is 7.97. The van der Waals surface area contributed by atoms with Crippen LogP contribution in [0.1, 0.15) is 77.6 Å². The second kappa shape index (κ2) is 10.0. The minimum absolute atomic E-state index is 0.0604. The van der Waals surface area contributed by atoms with Crippen molar-refractivity contribution in [3.05, 3.63) is 0 Å². The summed E-state index contributed by atoms with van der Waals surface area (Å²) in [5.74, 6) is 0.778. The molecular weight excluding hydrogens is 364 g/mol. The van der Waals surface area contributed by atoms with Crippen LogP contribution in [0.2, 0.25) is 0 Å². The number of nitrogens with one attached hydrogen (secondary N) is 1. The van der Waals surface area contributed by atoms with Gasteiger partial charge in [0.1, 0.15) is 0 Å². The molecule has 3 rings (SSSR count). The summed E-state index contributed by atoms with van der Waals surface area (Å²) in [6, 6.07) is 0.764. The number of hydrogen-bond acceptors (Lipinski definition) is 6. The van der Waals surface area contributed by atoms with E-state index < -0.39 is 10.1 Å². The maximum Gasteiger partial charge on any atom is 0.269 e. The molecule has 0 spiro atoms. The van der Waals surface area contributed by atoms with E-state index in [9.17, 15) is 8.42 Å². The van der Waals surface area contributed by atoms with Crippen LogP contribution in [0.15, 0.2) is 0 Å². The van der Waals surface area contributed by atoms with E-state index in [1.54, 1.807) is 7.11 Å². The predicted molar refractivity (Wildman–Crippen MR) is 107 cm³/mol. The van der Waals surface area contributed by atoms with Gasteiger partial charge in [-0.1, -0.05) is 39.0 Å². The summed E-state index contributed by atoms with van der Waals surface area (Å²) < 4.78 is 36.4. The molecule has 7 heteroatoms. The molecule has 1 saturated heterocycles. The largest absolute Gasteiger partial charge is 0.383 e. The Morgan fingerprint density at radius 2 is 1.89 bits per heavy atom. The number of nitrogens with zero attached hydrogens (tertiary/aromatic N) is 1. The molecular formula is C20H38N2O4S. The minimum atomic E-state index is -3.52. The quantitative estimate of drug-likeness (QED) is 0.566. The zero-order valence-electron chi connectivity index (χ0n) is 17.1. The molecule has 0 aromatic rings. The number of ether oxygens (including phenoxy) is 1. The van der Waals surface area contributed by atoms with E-state index in [4.69, 9.17) is 8.92 Å². The molecule has 0 amide bonds. The molecule has 0 aromatic carbocycles. The Labute approximate surface area is 165 Å². The summed E-state index contributed by atoms with van der Waals surface area (Å²) in [5.41, 5.74) is 3.61. The van der Waals surface area contributed by atoms with Gasteiger partial charge in [-0.25, -0.2) is 5.01 Å². The smallest absolute Gasteiger partial charge is 0.269 e. The lowest BCUT2D eigenvalue weighted by atomic mass is 9.98. The normalized spacial score (nSPS) is 31.3. The third kappa shape index (κ3) is 5.89. The van der Waals surface area contributed by atoms with Crippen molar-refractivity contribution in [3.8, 4) is 0 Å². The number of hydrogen-bond donors (Lipinski definition) is 1. The Morgan fingerprint density at radius 1 is 1.11 bits per heavy atom. The van der Waals surface area contributed by atoms with Gasteiger partial charge in [0.05, 0.1) is 18.5 Å². The highest BCUT2D eigenvalue weighted by atomic mass is 32.2. The maximum absolute atomic E-state index is 12.7. The number of fused-ring (bicyclic) bond motifs is 1. The van der Waals surface area contributed by atoms with E-state index >= 15 is 0 Å². The van der Waals surface area contributed by atoms with Crippen LogP contribution in [0.25, 0.3) is 0 Å². The van der Waals surface area contributed by atoms with Gasteiger partial charge in [-0.15, -0.1) is 0 Å². The monoisotopic (exact) mass is 402 g/mol. The fourth-order valence-corrected chi connectivity index (χ4v) is 6.75. The molecule has 1 aliphatic heterocycles. The Hall–Kier alpha value is -0.210. The number of rotatable bonds is 10. The van der Waals surface area contributed by atoms with Crippen LogP contribution < -0.4 is 5.43 Å². The Balaban J connectivity index is 1.61. The molecule has 0 radical (unpaired) electrons. The van der Waals surface area contributed by atoms with Crippen molar-refractivity contribution < 1.29 is 17.3 Å². The molecule has 0 bridgehead atoms. The van der Waals surface area contributed by atoms with Crippen molar-refractivity contribution in [2.24, 2.45) is 5.92 Å². The topological polar surface area (TPSA) is 67.9 Å². The fourth-order valence-electron chi connectivity index (χ4n) is 5.33. The van der Waals surface area contributed by atoms with Crippen LogP contribution in [-0.4, -0.2) is 57.1 Å². The van der Waals surface area contributed by atoms with Crippen molar-refractivity contribution in [2.45, 2.75) is 102 Å². The van der Waals surface area contributed by atoms with E-state index in [2.05, 4.69) is 17.4 Å². The summed E-state index contributed by atoms with van der Waals surface area (Å²) in [7, 11) is -1.77. The summed E-state index contributed by atoms with van der Waals surface area (Å²) >= 11 is 0. The zero-order valence-corrected chi connectivity index (χ0v) is 17.9. The summed E-state index contributed by atoms with van der Waals surface area (Å²) in [6.45, 7) is 2.81. The molecule has 27 heavy (non-hydrogen) atoms. The molecule has 6 nitrogen and oxygen atoms in total. The van der Waals surface area contributed by atoms with E-state index in [1.807, 2.05) is 0 Å². The summed E-state index contributed by atoms with van der Waals surface area (Å²) in [4.78, 5) is 0. The van der Waals surface area contributed by atoms with Crippen molar-refractivity contribution in [1.82, 2.24) is 10.4 Å². The average molecular weight is 403 g/mol. The molecule has 3 fully saturated rings. The van der Waals surface area contributed by atoms with Crippen LogP contribution in [0, 0.1) is 5.92 Å². The lowest BCUT2D eigenvalue weighted by molar-refractivity contribution is 0.0433. The van der Waals surface area contributed by atoms with Gasteiger partial charge in [0.2, 0.25) is 0 Å². The van der Waals surface area contributed by atoms with Crippen LogP contribution in [0.3, 0.4) is 0 Å². The standard InChI is InChI=1S/C20H38N2O4S/c1-3-8-17(15-27(23,24)26-19-10-5-4-6-11-19)21-22-18(14-25-2)13-16-9-7-12-20(16)22/h16-21H,3-15H2,1-2H3/t16-,17+,18-,20-/m1/s1. The van der Waals surface area contributed by atoms with Gasteiger partial charge in [0.25, 0.3) is 10.1 Å². The minimum Gasteiger partial charge on any atom is -0.383 e. The van der Waals surface area contributed by atoms with E-state index in [0.717, 1.165) is 50.9 Å². The van der Waals surface area contributed by atoms with Crippen LogP contribution in [0.4, 0.5) is 0 Å². The van der Waals surface area contributed by atoms with Gasteiger partial charge in [-0.3, -0.25) is 9.61 Å². The first-order valence-corrected chi connectivity index (χ1v) is 12.5. The third-order valence-corrected chi connectivity index (χ3v) is 7.89. The second-order valence-corrected chi connectivity index (χ2v) is 10.3. The molecule has 0 unspecified atom stereocenters. The van der Waals surface area contributed by atoms with Crippen LogP contribution in [-0.2, 0) is 19.0 Å². The first-order valence-electron chi connectivity index (χ1n) is 11.0. The van der Waals surface area contributed by atoms with Crippen molar-refractivity contribution in [2.75, 3.05) is 19.5 Å². The third-order valence-electron chi connectivity index (χ3n) is 6.51. The summed E-state index contributed by atoms with van der Waals surface area (Å²) in [6.07, 6.45) is 11.7. The highest BCUT2D eigenvalue weighted by molar-refractivity contribution is 7.86. The zero-order chi connectivity index (χ0) is 19.3. The first kappa shape index (κ1) is 21.5. The van der Waals surface area contributed by atoms with E-state index in [1.165, 1.54) is 25.7 Å². The SMILES string of the molecule is CCC[C@@H](CS(=O)(=O)OC1CCCCC1)NN1[C@@H](COC)C[C@H]2CCC[C@H]21. The predicted octanol–water partition coefficient (Wildman–Crippen LogP) is 3.23. The molecule has 1 N–H and O–H groups in total. The van der Waals surface area contributed by atoms with E-state index in [-0.39, 0.29) is 17.9 Å². The molecule has 2 aliphatic carbocycles. The van der Waals surface area contributed by atoms with Gasteiger partial charge in [0, 0.05) is 25.2 Å². The van der Waals surface area contributed by atoms with Crippen molar-refractivity contribution in [3.63, 3.8) is 0 Å². The van der Waals surface area contributed by atoms with Gasteiger partial charge in [0.15, 0.2) is 0 Å². The average Bonchev–Trinajstić information content (AvgIpc) is 3.18. The van der Waals surface area contributed by atoms with Crippen LogP contribution in [0.5, 0.6) is 0 Å². The maximum atomic E-state index is 12.7. The van der Waals surface area contributed by atoms with Gasteiger partial charge < -0.3 is 4.74 Å². The summed E-state index contributed by atoms with van der Waals surface area (Å²) in [5, 5.41) is 2.34. The fraction of sp³-hybridized carbons (Fsp3) is 1.00. The Bertz CT molecular complexity index is 550. The highest BCUT2D eigenvalue weighted by Gasteiger charge is 2.44. The lowest BCUT2D eigenvalue weighted by Crippen LogP contribution is -2.54. The van der Waals surface area contributed by atoms with Crippen LogP contribution >= 0.6 is 0 Å². The van der Waals surface area contributed by atoms with E-state index in [0.29, 0.717) is 18.7 Å². The lowest BCUT2D eigenvalue weighted by Gasteiger charge is -2.34. The Morgan fingerprint density at radius 3 is 2.59 bits per heavy atom. The van der Waals surface area contributed by atoms with Crippen molar-refractivity contribution >= 4 is 10.1 Å². The number of hydrazine groups is 1. The van der Waals surface area contributed by atoms with Crippen molar-refractivity contribution in [1.29, 1.82) is 0 Å².